The number of amides is 1. The molecule has 0 spiro atoms. The molecule has 1 unspecified atom stereocenters. The molecule has 116 valence electrons. The van der Waals surface area contributed by atoms with Crippen molar-refractivity contribution in [3.63, 3.8) is 0 Å². The molecule has 1 saturated carbocycles. The maximum atomic E-state index is 12.4. The van der Waals surface area contributed by atoms with Crippen molar-refractivity contribution in [1.82, 2.24) is 14.9 Å². The van der Waals surface area contributed by atoms with Crippen LogP contribution in [-0.2, 0) is 21.4 Å². The summed E-state index contributed by atoms with van der Waals surface area (Å²) in [6, 6.07) is 7.51. The van der Waals surface area contributed by atoms with E-state index in [4.69, 9.17) is 4.74 Å². The maximum Gasteiger partial charge on any atom is 0.321 e. The molecule has 2 aromatic rings. The molecule has 1 atom stereocenters. The maximum absolute atomic E-state index is 12.4. The molecule has 1 aromatic heterocycles. The molecule has 1 aromatic carbocycles. The van der Waals surface area contributed by atoms with Crippen LogP contribution in [0.25, 0.3) is 11.0 Å². The van der Waals surface area contributed by atoms with E-state index in [9.17, 15) is 9.59 Å². The van der Waals surface area contributed by atoms with E-state index in [1.54, 1.807) is 0 Å². The number of carbonyl (C=O) groups excluding carboxylic acids is 2. The second kappa shape index (κ2) is 5.12. The minimum absolute atomic E-state index is 0.279. The van der Waals surface area contributed by atoms with Crippen LogP contribution in [0.4, 0.5) is 0 Å². The molecule has 0 saturated heterocycles. The molecule has 6 nitrogen and oxygen atoms in total. The van der Waals surface area contributed by atoms with Crippen molar-refractivity contribution in [2.75, 3.05) is 7.11 Å². The van der Waals surface area contributed by atoms with Crippen LogP contribution in [0.1, 0.15) is 31.6 Å². The molecule has 0 radical (unpaired) electrons. The van der Waals surface area contributed by atoms with Gasteiger partial charge in [0, 0.05) is 7.05 Å². The highest BCUT2D eigenvalue weighted by Crippen LogP contribution is 2.47. The number of hydrogen-bond acceptors (Lipinski definition) is 4. The summed E-state index contributed by atoms with van der Waals surface area (Å²) in [5.41, 5.74) is 0.899. The van der Waals surface area contributed by atoms with Gasteiger partial charge in [-0.2, -0.15) is 0 Å². The van der Waals surface area contributed by atoms with Crippen molar-refractivity contribution in [1.29, 1.82) is 0 Å². The zero-order valence-corrected chi connectivity index (χ0v) is 12.9. The first-order valence-electron chi connectivity index (χ1n) is 7.30. The van der Waals surface area contributed by atoms with E-state index >= 15 is 0 Å². The molecule has 1 N–H and O–H groups in total. The molecular weight excluding hydrogens is 282 g/mol. The number of esters is 1. The van der Waals surface area contributed by atoms with E-state index in [0.717, 1.165) is 16.9 Å². The van der Waals surface area contributed by atoms with E-state index in [2.05, 4.69) is 10.3 Å². The fourth-order valence-electron chi connectivity index (χ4n) is 2.80. The smallest absolute Gasteiger partial charge is 0.321 e. The van der Waals surface area contributed by atoms with Gasteiger partial charge in [0.05, 0.1) is 24.2 Å². The topological polar surface area (TPSA) is 73.2 Å². The number of fused-ring (bicyclic) bond motifs is 1. The number of aromatic nitrogens is 2. The normalized spacial score (nSPS) is 17.0. The van der Waals surface area contributed by atoms with Gasteiger partial charge in [0.15, 0.2) is 0 Å². The quantitative estimate of drug-likeness (QED) is 0.689. The van der Waals surface area contributed by atoms with Gasteiger partial charge in [0.25, 0.3) is 0 Å². The Kier molecular flexibility index (Phi) is 3.39. The Balaban J connectivity index is 1.82. The van der Waals surface area contributed by atoms with E-state index in [-0.39, 0.29) is 11.9 Å². The average Bonchev–Trinajstić information content (AvgIpc) is 3.27. The Morgan fingerprint density at radius 1 is 1.36 bits per heavy atom. The number of nitrogens with zero attached hydrogens (tertiary/aromatic N) is 2. The summed E-state index contributed by atoms with van der Waals surface area (Å²) in [5.74, 6) is 0.0244. The van der Waals surface area contributed by atoms with Crippen LogP contribution in [0.5, 0.6) is 0 Å². The SMILES string of the molecule is COC(=O)C1(C(=O)NC(C)c2nc3ccccc3n2C)CC1. The molecule has 1 aliphatic carbocycles. The van der Waals surface area contributed by atoms with Crippen LogP contribution in [-0.4, -0.2) is 28.5 Å². The minimum atomic E-state index is -0.992. The number of para-hydroxylation sites is 2. The highest BCUT2D eigenvalue weighted by Gasteiger charge is 2.58. The van der Waals surface area contributed by atoms with Crippen LogP contribution >= 0.6 is 0 Å². The summed E-state index contributed by atoms with van der Waals surface area (Å²) >= 11 is 0. The van der Waals surface area contributed by atoms with Crippen molar-refractivity contribution in [2.45, 2.75) is 25.8 Å². The first-order chi connectivity index (χ1) is 10.5. The molecule has 6 heteroatoms. The Labute approximate surface area is 128 Å². The first-order valence-corrected chi connectivity index (χ1v) is 7.30. The number of ether oxygens (including phenoxy) is 1. The lowest BCUT2D eigenvalue weighted by Crippen LogP contribution is -2.39. The summed E-state index contributed by atoms with van der Waals surface area (Å²) in [6.07, 6.45) is 1.08. The van der Waals surface area contributed by atoms with Gasteiger partial charge < -0.3 is 14.6 Å². The van der Waals surface area contributed by atoms with Crippen molar-refractivity contribution in [3.8, 4) is 0 Å². The van der Waals surface area contributed by atoms with Crippen LogP contribution in [0, 0.1) is 5.41 Å². The first kappa shape index (κ1) is 14.6. The third-order valence-corrected chi connectivity index (χ3v) is 4.32. The second-order valence-corrected chi connectivity index (χ2v) is 5.79. The third kappa shape index (κ3) is 2.15. The van der Waals surface area contributed by atoms with Crippen LogP contribution in [0.3, 0.4) is 0 Å². The Bertz CT molecular complexity index is 746. The lowest BCUT2D eigenvalue weighted by Gasteiger charge is -2.18. The lowest BCUT2D eigenvalue weighted by molar-refractivity contribution is -0.152. The van der Waals surface area contributed by atoms with Crippen LogP contribution < -0.4 is 5.32 Å². The van der Waals surface area contributed by atoms with Gasteiger partial charge in [-0.05, 0) is 31.9 Å². The van der Waals surface area contributed by atoms with Crippen molar-refractivity contribution in [2.24, 2.45) is 12.5 Å². The van der Waals surface area contributed by atoms with E-state index in [0.29, 0.717) is 12.8 Å². The number of imidazole rings is 1. The van der Waals surface area contributed by atoms with Gasteiger partial charge in [-0.25, -0.2) is 4.98 Å². The Morgan fingerprint density at radius 3 is 2.64 bits per heavy atom. The van der Waals surface area contributed by atoms with Gasteiger partial charge in [0.2, 0.25) is 5.91 Å². The molecule has 1 amide bonds. The fraction of sp³-hybridized carbons (Fsp3) is 0.438. The van der Waals surface area contributed by atoms with E-state index in [1.807, 2.05) is 42.8 Å². The predicted octanol–water partition coefficient (Wildman–Crippen LogP) is 1.70. The molecular formula is C16H19N3O3. The molecule has 22 heavy (non-hydrogen) atoms. The number of benzene rings is 1. The molecule has 3 rings (SSSR count). The predicted molar refractivity (Wildman–Crippen MR) is 81.0 cm³/mol. The summed E-state index contributed by atoms with van der Waals surface area (Å²) in [6.45, 7) is 1.87. The molecule has 1 heterocycles. The fourth-order valence-corrected chi connectivity index (χ4v) is 2.80. The van der Waals surface area contributed by atoms with Crippen LogP contribution in [0.15, 0.2) is 24.3 Å². The molecule has 1 aliphatic rings. The number of carbonyl (C=O) groups is 2. The van der Waals surface area contributed by atoms with E-state index in [1.165, 1.54) is 7.11 Å². The van der Waals surface area contributed by atoms with E-state index < -0.39 is 11.4 Å². The largest absolute Gasteiger partial charge is 0.468 e. The highest BCUT2D eigenvalue weighted by atomic mass is 16.5. The van der Waals surface area contributed by atoms with Crippen molar-refractivity contribution >= 4 is 22.9 Å². The lowest BCUT2D eigenvalue weighted by atomic mass is 10.1. The third-order valence-electron chi connectivity index (χ3n) is 4.32. The average molecular weight is 301 g/mol. The molecule has 0 bridgehead atoms. The van der Waals surface area contributed by atoms with Gasteiger partial charge in [0.1, 0.15) is 11.2 Å². The summed E-state index contributed by atoms with van der Waals surface area (Å²) in [5, 5.41) is 2.89. The number of methoxy groups -OCH3 is 1. The number of nitrogens with one attached hydrogen (secondary N) is 1. The molecule has 1 fully saturated rings. The zero-order chi connectivity index (χ0) is 15.9. The Hall–Kier alpha value is -2.37. The zero-order valence-electron chi connectivity index (χ0n) is 12.9. The van der Waals surface area contributed by atoms with Crippen LogP contribution in [0.2, 0.25) is 0 Å². The monoisotopic (exact) mass is 301 g/mol. The standard InChI is InChI=1S/C16H19N3O3/c1-10(17-14(20)16(8-9-16)15(21)22-3)13-18-11-6-4-5-7-12(11)19(13)2/h4-7,10H,8-9H2,1-3H3,(H,17,20). The minimum Gasteiger partial charge on any atom is -0.468 e. The summed E-state index contributed by atoms with van der Waals surface area (Å²) < 4.78 is 6.69. The highest BCUT2D eigenvalue weighted by molar-refractivity contribution is 6.05. The Morgan fingerprint density at radius 2 is 2.05 bits per heavy atom. The number of hydrogen-bond donors (Lipinski definition) is 1. The van der Waals surface area contributed by atoms with Gasteiger partial charge in [-0.3, -0.25) is 9.59 Å². The summed E-state index contributed by atoms with van der Waals surface area (Å²) in [7, 11) is 3.23. The number of rotatable bonds is 4. The van der Waals surface area contributed by atoms with Gasteiger partial charge in [-0.15, -0.1) is 0 Å². The second-order valence-electron chi connectivity index (χ2n) is 5.79. The van der Waals surface area contributed by atoms with Gasteiger partial charge >= 0.3 is 5.97 Å². The van der Waals surface area contributed by atoms with Crippen molar-refractivity contribution in [3.05, 3.63) is 30.1 Å². The summed E-state index contributed by atoms with van der Waals surface area (Å²) in [4.78, 5) is 28.7. The van der Waals surface area contributed by atoms with Crippen molar-refractivity contribution < 1.29 is 14.3 Å². The van der Waals surface area contributed by atoms with Gasteiger partial charge in [-0.1, -0.05) is 12.1 Å². The molecule has 0 aliphatic heterocycles. The number of aryl methyl sites for hydroxylation is 1.